The first kappa shape index (κ1) is 9.48. The van der Waals surface area contributed by atoms with Crippen molar-refractivity contribution in [2.75, 3.05) is 5.75 Å². The zero-order valence-electron chi connectivity index (χ0n) is 8.27. The maximum absolute atomic E-state index is 12.1. The van der Waals surface area contributed by atoms with Gasteiger partial charge >= 0.3 is 0 Å². The molecular formula is C10H7N3O2S. The zero-order valence-corrected chi connectivity index (χ0v) is 9.08. The van der Waals surface area contributed by atoms with Crippen LogP contribution in [-0.4, -0.2) is 15.3 Å². The number of rotatable bonds is 0. The van der Waals surface area contributed by atoms with Crippen LogP contribution >= 0.6 is 11.8 Å². The Kier molecular flexibility index (Phi) is 2.01. The lowest BCUT2D eigenvalue weighted by atomic mass is 10.1. The van der Waals surface area contributed by atoms with Crippen LogP contribution < -0.4 is 10.3 Å². The summed E-state index contributed by atoms with van der Waals surface area (Å²) in [6.07, 6.45) is 1.69. The van der Waals surface area contributed by atoms with Gasteiger partial charge in [0.1, 0.15) is 6.26 Å². The molecule has 6 heteroatoms. The maximum atomic E-state index is 12.1. The summed E-state index contributed by atoms with van der Waals surface area (Å²) in [5.74, 6) is 1.22. The van der Waals surface area contributed by atoms with E-state index in [0.29, 0.717) is 35.1 Å². The zero-order chi connectivity index (χ0) is 11.1. The predicted molar refractivity (Wildman–Crippen MR) is 57.2 cm³/mol. The topological polar surface area (TPSA) is 67.9 Å². The van der Waals surface area contributed by atoms with Gasteiger partial charge in [0, 0.05) is 18.7 Å². The highest BCUT2D eigenvalue weighted by Gasteiger charge is 2.24. The molecule has 0 spiro atoms. The van der Waals surface area contributed by atoms with Crippen molar-refractivity contribution in [2.24, 2.45) is 0 Å². The second-order valence-corrected chi connectivity index (χ2v) is 4.59. The number of thioether (sulfide) groups is 1. The third-order valence-corrected chi connectivity index (χ3v) is 3.52. The van der Waals surface area contributed by atoms with Crippen molar-refractivity contribution >= 4 is 11.8 Å². The van der Waals surface area contributed by atoms with E-state index in [9.17, 15) is 4.79 Å². The van der Waals surface area contributed by atoms with Gasteiger partial charge in [-0.1, -0.05) is 11.8 Å². The molecule has 16 heavy (non-hydrogen) atoms. The molecule has 0 atom stereocenters. The molecule has 0 unspecified atom stereocenters. The van der Waals surface area contributed by atoms with Crippen LogP contribution in [0.3, 0.4) is 0 Å². The van der Waals surface area contributed by atoms with E-state index in [-0.39, 0.29) is 5.56 Å². The quantitative estimate of drug-likeness (QED) is 0.617. The molecule has 0 aliphatic carbocycles. The van der Waals surface area contributed by atoms with Gasteiger partial charge in [0.15, 0.2) is 5.16 Å². The van der Waals surface area contributed by atoms with E-state index in [1.165, 1.54) is 6.26 Å². The van der Waals surface area contributed by atoms with Gasteiger partial charge in [-0.15, -0.1) is 0 Å². The number of ether oxygens (including phenoxy) is 1. The first-order chi connectivity index (χ1) is 7.79. The summed E-state index contributed by atoms with van der Waals surface area (Å²) in [5, 5.41) is 9.48. The summed E-state index contributed by atoms with van der Waals surface area (Å²) >= 11 is 1.55. The molecule has 1 aromatic heterocycles. The second kappa shape index (κ2) is 3.39. The molecule has 1 aromatic rings. The predicted octanol–water partition coefficient (Wildman–Crippen LogP) is 0.691. The molecule has 0 amide bonds. The van der Waals surface area contributed by atoms with Gasteiger partial charge in [-0.05, 0) is 0 Å². The van der Waals surface area contributed by atoms with Gasteiger partial charge in [-0.2, -0.15) is 10.2 Å². The molecule has 3 heterocycles. The van der Waals surface area contributed by atoms with Crippen LogP contribution in [0.2, 0.25) is 0 Å². The Hall–Kier alpha value is -1.74. The Labute approximate surface area is 95.4 Å². The van der Waals surface area contributed by atoms with Crippen molar-refractivity contribution < 1.29 is 4.74 Å². The molecule has 3 rings (SSSR count). The number of hydrogen-bond acceptors (Lipinski definition) is 5. The summed E-state index contributed by atoms with van der Waals surface area (Å²) in [6, 6.07) is 1.99. The van der Waals surface area contributed by atoms with Gasteiger partial charge in [0.2, 0.25) is 5.88 Å². The number of nitrogens with zero attached hydrogens (tertiary/aromatic N) is 3. The molecule has 0 N–H and O–H groups in total. The molecule has 2 aliphatic rings. The van der Waals surface area contributed by atoms with Crippen LogP contribution in [0.4, 0.5) is 0 Å². The van der Waals surface area contributed by atoms with Crippen molar-refractivity contribution in [3.63, 3.8) is 0 Å². The molecule has 5 nitrogen and oxygen atoms in total. The highest BCUT2D eigenvalue weighted by Crippen LogP contribution is 2.28. The Morgan fingerprint density at radius 1 is 1.62 bits per heavy atom. The van der Waals surface area contributed by atoms with Gasteiger partial charge in [0.25, 0.3) is 5.56 Å². The summed E-state index contributed by atoms with van der Waals surface area (Å²) < 4.78 is 6.86. The summed E-state index contributed by atoms with van der Waals surface area (Å²) in [7, 11) is 0. The van der Waals surface area contributed by atoms with Gasteiger partial charge in [-0.25, -0.2) is 0 Å². The third kappa shape index (κ3) is 1.25. The van der Waals surface area contributed by atoms with Crippen molar-refractivity contribution in [1.29, 1.82) is 5.26 Å². The first-order valence-electron chi connectivity index (χ1n) is 4.82. The van der Waals surface area contributed by atoms with E-state index in [2.05, 4.69) is 4.98 Å². The largest absolute Gasteiger partial charge is 0.445 e. The van der Waals surface area contributed by atoms with E-state index >= 15 is 0 Å². The summed E-state index contributed by atoms with van der Waals surface area (Å²) in [5.41, 5.74) is 0.869. The Morgan fingerprint density at radius 2 is 2.50 bits per heavy atom. The minimum Gasteiger partial charge on any atom is -0.445 e. The van der Waals surface area contributed by atoms with Crippen molar-refractivity contribution in [3.05, 3.63) is 27.8 Å². The van der Waals surface area contributed by atoms with Crippen LogP contribution in [0.1, 0.15) is 5.56 Å². The number of hydrogen-bond donors (Lipinski definition) is 0. The molecular weight excluding hydrogens is 226 g/mol. The highest BCUT2D eigenvalue weighted by atomic mass is 32.2. The lowest BCUT2D eigenvalue weighted by molar-refractivity contribution is 0.422. The van der Waals surface area contributed by atoms with Gasteiger partial charge in [-0.3, -0.25) is 9.36 Å². The van der Waals surface area contributed by atoms with Crippen LogP contribution in [0, 0.1) is 11.3 Å². The van der Waals surface area contributed by atoms with Crippen LogP contribution in [0.5, 0.6) is 5.88 Å². The SMILES string of the molecule is N#CC1=COc2nc3n(c(=O)c2C1)CCS3. The molecule has 0 radical (unpaired) electrons. The average molecular weight is 233 g/mol. The minimum absolute atomic E-state index is 0.0779. The lowest BCUT2D eigenvalue weighted by Gasteiger charge is -2.13. The fourth-order valence-corrected chi connectivity index (χ4v) is 2.70. The molecule has 2 aliphatic heterocycles. The van der Waals surface area contributed by atoms with E-state index in [1.54, 1.807) is 16.3 Å². The number of aromatic nitrogens is 2. The van der Waals surface area contributed by atoms with Crippen molar-refractivity contribution in [2.45, 2.75) is 18.1 Å². The maximum Gasteiger partial charge on any atom is 0.261 e. The molecule has 0 aromatic carbocycles. The summed E-state index contributed by atoms with van der Waals surface area (Å²) in [6.45, 7) is 0.685. The molecule has 80 valence electrons. The fourth-order valence-electron chi connectivity index (χ4n) is 1.77. The smallest absolute Gasteiger partial charge is 0.261 e. The van der Waals surface area contributed by atoms with Gasteiger partial charge < -0.3 is 4.74 Å². The lowest BCUT2D eigenvalue weighted by Crippen LogP contribution is -2.26. The number of fused-ring (bicyclic) bond motifs is 2. The molecule has 0 saturated heterocycles. The number of nitriles is 1. The van der Waals surface area contributed by atoms with E-state index in [1.807, 2.05) is 6.07 Å². The normalized spacial score (nSPS) is 16.8. The Morgan fingerprint density at radius 3 is 3.31 bits per heavy atom. The van der Waals surface area contributed by atoms with Crippen LogP contribution in [0.15, 0.2) is 21.8 Å². The molecule has 0 fully saturated rings. The first-order valence-corrected chi connectivity index (χ1v) is 5.80. The summed E-state index contributed by atoms with van der Waals surface area (Å²) in [4.78, 5) is 16.3. The van der Waals surface area contributed by atoms with Crippen LogP contribution in [0.25, 0.3) is 0 Å². The average Bonchev–Trinajstić information content (AvgIpc) is 2.77. The Balaban J connectivity index is 2.18. The van der Waals surface area contributed by atoms with Crippen molar-refractivity contribution in [1.82, 2.24) is 9.55 Å². The minimum atomic E-state index is -0.0779. The standard InChI is InChI=1S/C10H7N3O2S/c11-4-6-3-7-8(15-5-6)12-10-13(9(7)14)1-2-16-10/h5H,1-3H2. The second-order valence-electron chi connectivity index (χ2n) is 3.53. The Bertz CT molecular complexity index is 597. The third-order valence-electron chi connectivity index (χ3n) is 2.56. The number of allylic oxidation sites excluding steroid dienone is 1. The van der Waals surface area contributed by atoms with E-state index in [0.717, 1.165) is 5.75 Å². The molecule has 0 bridgehead atoms. The van der Waals surface area contributed by atoms with Crippen LogP contribution in [-0.2, 0) is 13.0 Å². The van der Waals surface area contributed by atoms with Gasteiger partial charge in [0.05, 0.1) is 17.2 Å². The highest BCUT2D eigenvalue weighted by molar-refractivity contribution is 7.99. The monoisotopic (exact) mass is 233 g/mol. The molecule has 0 saturated carbocycles. The van der Waals surface area contributed by atoms with Crippen molar-refractivity contribution in [3.8, 4) is 11.9 Å². The van der Waals surface area contributed by atoms with E-state index in [4.69, 9.17) is 10.00 Å². The fraction of sp³-hybridized carbons (Fsp3) is 0.300. The van der Waals surface area contributed by atoms with E-state index < -0.39 is 0 Å².